The van der Waals surface area contributed by atoms with Gasteiger partial charge in [-0.15, -0.1) is 0 Å². The zero-order valence-corrected chi connectivity index (χ0v) is 7.73. The Balaban J connectivity index is 2.27. The highest BCUT2D eigenvalue weighted by Crippen LogP contribution is 2.24. The molecule has 0 aromatic carbocycles. The zero-order valence-electron chi connectivity index (χ0n) is 7.73. The van der Waals surface area contributed by atoms with Crippen LogP contribution in [0.15, 0.2) is 12.3 Å². The van der Waals surface area contributed by atoms with Gasteiger partial charge in [0.25, 0.3) is 0 Å². The second-order valence-corrected chi connectivity index (χ2v) is 3.12. The average molecular weight is 194 g/mol. The molecule has 0 spiro atoms. The lowest BCUT2D eigenvalue weighted by Crippen LogP contribution is -2.22. The molecule has 1 aliphatic heterocycles. The molecule has 0 unspecified atom stereocenters. The summed E-state index contributed by atoms with van der Waals surface area (Å²) in [6.07, 6.45) is 0.687. The summed E-state index contributed by atoms with van der Waals surface area (Å²) in [7, 11) is 1.56. The number of aromatic nitrogens is 1. The van der Waals surface area contributed by atoms with Crippen molar-refractivity contribution in [2.24, 2.45) is 0 Å². The first-order valence-electron chi connectivity index (χ1n) is 4.20. The van der Waals surface area contributed by atoms with Crippen molar-refractivity contribution in [3.8, 4) is 5.75 Å². The Kier molecular flexibility index (Phi) is 1.99. The lowest BCUT2D eigenvalue weighted by atomic mass is 10.2. The molecule has 1 amide bonds. The van der Waals surface area contributed by atoms with Gasteiger partial charge in [0, 0.05) is 0 Å². The Morgan fingerprint density at radius 3 is 3.07 bits per heavy atom. The van der Waals surface area contributed by atoms with Gasteiger partial charge in [0.2, 0.25) is 0 Å². The van der Waals surface area contributed by atoms with Gasteiger partial charge >= 0.3 is 6.09 Å². The Bertz CT molecular complexity index is 378. The Morgan fingerprint density at radius 2 is 2.43 bits per heavy atom. The van der Waals surface area contributed by atoms with Gasteiger partial charge < -0.3 is 9.84 Å². The van der Waals surface area contributed by atoms with Gasteiger partial charge in [0.1, 0.15) is 5.75 Å². The van der Waals surface area contributed by atoms with Gasteiger partial charge in [0.15, 0.2) is 0 Å². The molecular weight excluding hydrogens is 184 g/mol. The molecule has 1 aromatic heterocycles. The number of fused-ring (bicyclic) bond motifs is 1. The third kappa shape index (κ3) is 1.37. The molecule has 0 fully saturated rings. The molecule has 1 aromatic rings. The number of carbonyl (C=O) groups is 1. The van der Waals surface area contributed by atoms with Gasteiger partial charge in [0.05, 0.1) is 32.1 Å². The SMILES string of the molecule is COc1cnc2c(c1)CN(C(=O)O)C2. The topological polar surface area (TPSA) is 62.7 Å². The molecule has 2 rings (SSSR count). The summed E-state index contributed by atoms with van der Waals surface area (Å²) in [5.41, 5.74) is 1.74. The Labute approximate surface area is 80.9 Å². The summed E-state index contributed by atoms with van der Waals surface area (Å²) in [6, 6.07) is 1.82. The molecule has 0 atom stereocenters. The highest BCUT2D eigenvalue weighted by Gasteiger charge is 2.24. The largest absolute Gasteiger partial charge is 0.495 e. The fourth-order valence-electron chi connectivity index (χ4n) is 1.49. The highest BCUT2D eigenvalue weighted by molar-refractivity contribution is 5.66. The van der Waals surface area contributed by atoms with Crippen LogP contribution < -0.4 is 4.74 Å². The standard InChI is InChI=1S/C9H10N2O3/c1-14-7-2-6-4-11(9(12)13)5-8(6)10-3-7/h2-3H,4-5H2,1H3,(H,12,13). The first kappa shape index (κ1) is 8.80. The molecule has 1 N–H and O–H groups in total. The number of ether oxygens (including phenoxy) is 1. The van der Waals surface area contributed by atoms with Crippen LogP contribution in [0.3, 0.4) is 0 Å². The zero-order chi connectivity index (χ0) is 10.1. The maximum atomic E-state index is 10.7. The predicted molar refractivity (Wildman–Crippen MR) is 48.1 cm³/mol. The second kappa shape index (κ2) is 3.17. The highest BCUT2D eigenvalue weighted by atomic mass is 16.5. The van der Waals surface area contributed by atoms with Crippen LogP contribution in [0, 0.1) is 0 Å². The lowest BCUT2D eigenvalue weighted by Gasteiger charge is -2.08. The van der Waals surface area contributed by atoms with E-state index in [4.69, 9.17) is 9.84 Å². The molecule has 0 bridgehead atoms. The molecule has 5 heteroatoms. The van der Waals surface area contributed by atoms with Crippen LogP contribution in [0.5, 0.6) is 5.75 Å². The van der Waals surface area contributed by atoms with Crippen LogP contribution >= 0.6 is 0 Å². The third-order valence-electron chi connectivity index (χ3n) is 2.24. The van der Waals surface area contributed by atoms with E-state index in [1.165, 1.54) is 4.90 Å². The summed E-state index contributed by atoms with van der Waals surface area (Å²) in [5.74, 6) is 0.663. The summed E-state index contributed by atoms with van der Waals surface area (Å²) in [4.78, 5) is 16.1. The summed E-state index contributed by atoms with van der Waals surface area (Å²) in [6.45, 7) is 0.767. The first-order valence-corrected chi connectivity index (χ1v) is 4.20. The van der Waals surface area contributed by atoms with Crippen LogP contribution in [0.1, 0.15) is 11.3 Å². The van der Waals surface area contributed by atoms with E-state index in [9.17, 15) is 4.79 Å². The van der Waals surface area contributed by atoms with Crippen LogP contribution in [0.2, 0.25) is 0 Å². The normalized spacial score (nSPS) is 13.9. The van der Waals surface area contributed by atoms with Crippen molar-refractivity contribution < 1.29 is 14.6 Å². The van der Waals surface area contributed by atoms with Gasteiger partial charge in [-0.2, -0.15) is 0 Å². The van der Waals surface area contributed by atoms with Crippen molar-refractivity contribution in [2.75, 3.05) is 7.11 Å². The van der Waals surface area contributed by atoms with Gasteiger partial charge in [-0.1, -0.05) is 0 Å². The molecule has 74 valence electrons. The van der Waals surface area contributed by atoms with E-state index in [0.717, 1.165) is 11.3 Å². The molecular formula is C9H10N2O3. The molecule has 0 saturated heterocycles. The van der Waals surface area contributed by atoms with Crippen LogP contribution in [0.4, 0.5) is 4.79 Å². The first-order chi connectivity index (χ1) is 6.70. The van der Waals surface area contributed by atoms with E-state index in [-0.39, 0.29) is 0 Å². The van der Waals surface area contributed by atoms with E-state index in [1.54, 1.807) is 13.3 Å². The number of hydrogen-bond donors (Lipinski definition) is 1. The predicted octanol–water partition coefficient (Wildman–Crippen LogP) is 1.08. The maximum Gasteiger partial charge on any atom is 0.407 e. The van der Waals surface area contributed by atoms with Crippen molar-refractivity contribution >= 4 is 6.09 Å². The summed E-state index contributed by atoms with van der Waals surface area (Å²) >= 11 is 0. The monoisotopic (exact) mass is 194 g/mol. The van der Waals surface area contributed by atoms with E-state index in [0.29, 0.717) is 18.8 Å². The minimum Gasteiger partial charge on any atom is -0.495 e. The number of pyridine rings is 1. The number of amides is 1. The molecule has 2 heterocycles. The van der Waals surface area contributed by atoms with Crippen molar-refractivity contribution in [3.63, 3.8) is 0 Å². The fourth-order valence-corrected chi connectivity index (χ4v) is 1.49. The van der Waals surface area contributed by atoms with Crippen LogP contribution in [-0.2, 0) is 13.1 Å². The molecule has 1 aliphatic rings. The van der Waals surface area contributed by atoms with E-state index in [2.05, 4.69) is 4.98 Å². The van der Waals surface area contributed by atoms with Crippen molar-refractivity contribution in [1.29, 1.82) is 0 Å². The summed E-state index contributed by atoms with van der Waals surface area (Å²) in [5, 5.41) is 8.78. The number of rotatable bonds is 1. The van der Waals surface area contributed by atoms with Crippen LogP contribution in [0.25, 0.3) is 0 Å². The van der Waals surface area contributed by atoms with Gasteiger partial charge in [-0.25, -0.2) is 4.79 Å². The number of hydrogen-bond acceptors (Lipinski definition) is 3. The Hall–Kier alpha value is -1.78. The quantitative estimate of drug-likeness (QED) is 0.726. The fraction of sp³-hybridized carbons (Fsp3) is 0.333. The lowest BCUT2D eigenvalue weighted by molar-refractivity contribution is 0.145. The van der Waals surface area contributed by atoms with E-state index in [1.807, 2.05) is 6.07 Å². The van der Waals surface area contributed by atoms with E-state index >= 15 is 0 Å². The van der Waals surface area contributed by atoms with Crippen LogP contribution in [-0.4, -0.2) is 28.2 Å². The molecule has 14 heavy (non-hydrogen) atoms. The smallest absolute Gasteiger partial charge is 0.407 e. The van der Waals surface area contributed by atoms with Crippen molar-refractivity contribution in [1.82, 2.24) is 9.88 Å². The Morgan fingerprint density at radius 1 is 1.64 bits per heavy atom. The molecule has 0 saturated carbocycles. The third-order valence-corrected chi connectivity index (χ3v) is 2.24. The number of nitrogens with zero attached hydrogens (tertiary/aromatic N) is 2. The molecule has 0 radical (unpaired) electrons. The van der Waals surface area contributed by atoms with Crippen molar-refractivity contribution in [3.05, 3.63) is 23.5 Å². The maximum absolute atomic E-state index is 10.7. The number of carboxylic acid groups (broad SMARTS) is 1. The molecule has 5 nitrogen and oxygen atoms in total. The van der Waals surface area contributed by atoms with E-state index < -0.39 is 6.09 Å². The van der Waals surface area contributed by atoms with Gasteiger partial charge in [-0.05, 0) is 11.6 Å². The van der Waals surface area contributed by atoms with Gasteiger partial charge in [-0.3, -0.25) is 9.88 Å². The minimum atomic E-state index is -0.915. The second-order valence-electron chi connectivity index (χ2n) is 3.12. The summed E-state index contributed by atoms with van der Waals surface area (Å²) < 4.78 is 5.01. The average Bonchev–Trinajstić information content (AvgIpc) is 2.59. The minimum absolute atomic E-state index is 0.370. The molecule has 0 aliphatic carbocycles. The number of methoxy groups -OCH3 is 1. The van der Waals surface area contributed by atoms with Crippen molar-refractivity contribution in [2.45, 2.75) is 13.1 Å².